The van der Waals surface area contributed by atoms with Crippen LogP contribution in [0.2, 0.25) is 0 Å². The number of allylic oxidation sites excluding steroid dienone is 1. The summed E-state index contributed by atoms with van der Waals surface area (Å²) in [5.41, 5.74) is -0.540. The quantitative estimate of drug-likeness (QED) is 0.501. The first kappa shape index (κ1) is 16.3. The lowest BCUT2D eigenvalue weighted by Crippen LogP contribution is -2.18. The number of rotatable bonds is 4. The number of hydrogen-bond donors (Lipinski definition) is 3. The molecule has 1 heterocycles. The molecule has 3 N–H and O–H groups in total. The average Bonchev–Trinajstić information content (AvgIpc) is 2.62. The number of benzene rings is 2. The van der Waals surface area contributed by atoms with Gasteiger partial charge in [0.05, 0.1) is 5.39 Å². The van der Waals surface area contributed by atoms with Crippen molar-refractivity contribution in [2.24, 2.45) is 0 Å². The number of nitrogens with one attached hydrogen (secondary N) is 1. The second-order valence-electron chi connectivity index (χ2n) is 5.37. The zero-order valence-corrected chi connectivity index (χ0v) is 13.2. The number of anilines is 1. The molecule has 0 unspecified atom stereocenters. The largest absolute Gasteiger partial charge is 0.508 e. The minimum Gasteiger partial charge on any atom is -0.508 e. The highest BCUT2D eigenvalue weighted by atomic mass is 16.4. The van der Waals surface area contributed by atoms with Gasteiger partial charge in [0, 0.05) is 11.1 Å². The van der Waals surface area contributed by atoms with Crippen molar-refractivity contribution < 1.29 is 19.4 Å². The zero-order chi connectivity index (χ0) is 18.0. The van der Waals surface area contributed by atoms with Gasteiger partial charge in [0.2, 0.25) is 0 Å². The van der Waals surface area contributed by atoms with Crippen LogP contribution in [0.1, 0.15) is 15.9 Å². The number of phenols is 1. The molecule has 0 saturated carbocycles. The molecule has 25 heavy (non-hydrogen) atoms. The predicted octanol–water partition coefficient (Wildman–Crippen LogP) is 3.19. The second-order valence-corrected chi connectivity index (χ2v) is 5.37. The van der Waals surface area contributed by atoms with E-state index in [4.69, 9.17) is 4.42 Å². The van der Waals surface area contributed by atoms with Crippen molar-refractivity contribution in [3.05, 3.63) is 76.7 Å². The third-order valence-corrected chi connectivity index (χ3v) is 3.75. The fourth-order valence-corrected chi connectivity index (χ4v) is 2.52. The van der Waals surface area contributed by atoms with E-state index in [0.29, 0.717) is 11.1 Å². The Balaban J connectivity index is 2.12. The van der Waals surface area contributed by atoms with Crippen LogP contribution in [0.5, 0.6) is 11.5 Å². The number of amides is 1. The second kappa shape index (κ2) is 6.52. The summed E-state index contributed by atoms with van der Waals surface area (Å²) in [6.45, 7) is 3.59. The van der Waals surface area contributed by atoms with Gasteiger partial charge in [-0.3, -0.25) is 4.79 Å². The number of fused-ring (bicyclic) bond motifs is 1. The number of hydrogen-bond acceptors (Lipinski definition) is 5. The molecule has 0 aliphatic carbocycles. The highest BCUT2D eigenvalue weighted by molar-refractivity contribution is 6.06. The lowest BCUT2D eigenvalue weighted by atomic mass is 10.1. The van der Waals surface area contributed by atoms with Gasteiger partial charge < -0.3 is 19.9 Å². The Kier molecular flexibility index (Phi) is 4.26. The van der Waals surface area contributed by atoms with E-state index in [0.717, 1.165) is 0 Å². The molecule has 0 radical (unpaired) electrons. The van der Waals surface area contributed by atoms with Crippen molar-refractivity contribution in [3.63, 3.8) is 0 Å². The third kappa shape index (κ3) is 2.97. The van der Waals surface area contributed by atoms with Gasteiger partial charge in [-0.05, 0) is 30.7 Å². The smallest absolute Gasteiger partial charge is 0.364 e. The maximum atomic E-state index is 12.2. The Bertz CT molecular complexity index is 1020. The molecule has 3 rings (SSSR count). The maximum Gasteiger partial charge on any atom is 0.364 e. The fourth-order valence-electron chi connectivity index (χ4n) is 2.52. The molecule has 3 aromatic rings. The summed E-state index contributed by atoms with van der Waals surface area (Å²) in [6.07, 6.45) is 1.79. The van der Waals surface area contributed by atoms with Gasteiger partial charge in [0.25, 0.3) is 5.91 Å². The van der Waals surface area contributed by atoms with Crippen molar-refractivity contribution in [1.82, 2.24) is 0 Å². The van der Waals surface area contributed by atoms with E-state index in [-0.39, 0.29) is 28.8 Å². The van der Waals surface area contributed by atoms with Gasteiger partial charge >= 0.3 is 5.63 Å². The van der Waals surface area contributed by atoms with Gasteiger partial charge in [-0.1, -0.05) is 24.3 Å². The Hall–Kier alpha value is -3.54. The molecule has 0 aliphatic rings. The molecule has 6 nitrogen and oxygen atoms in total. The van der Waals surface area contributed by atoms with E-state index < -0.39 is 17.3 Å². The van der Waals surface area contributed by atoms with Crippen molar-refractivity contribution in [2.75, 3.05) is 5.32 Å². The number of phenolic OH excluding ortho intramolecular Hbond substituents is 1. The summed E-state index contributed by atoms with van der Waals surface area (Å²) < 4.78 is 5.24. The normalized spacial score (nSPS) is 10.6. The molecule has 0 atom stereocenters. The minimum atomic E-state index is -0.912. The summed E-state index contributed by atoms with van der Waals surface area (Å²) in [7, 11) is 0. The summed E-state index contributed by atoms with van der Waals surface area (Å²) in [4.78, 5) is 24.5. The van der Waals surface area contributed by atoms with E-state index in [1.54, 1.807) is 30.3 Å². The van der Waals surface area contributed by atoms with Crippen LogP contribution >= 0.6 is 0 Å². The Morgan fingerprint density at radius 1 is 1.16 bits per heavy atom. The number of aromatic hydroxyl groups is 2. The Morgan fingerprint density at radius 3 is 2.56 bits per heavy atom. The predicted molar refractivity (Wildman–Crippen MR) is 94.1 cm³/mol. The maximum absolute atomic E-state index is 12.2. The first-order chi connectivity index (χ1) is 12.0. The topological polar surface area (TPSA) is 99.8 Å². The van der Waals surface area contributed by atoms with Crippen LogP contribution in [0.3, 0.4) is 0 Å². The molecule has 0 aliphatic heterocycles. The average molecular weight is 337 g/mol. The molecular weight excluding hydrogens is 322 g/mol. The first-order valence-electron chi connectivity index (χ1n) is 7.51. The molecule has 0 saturated heterocycles. The minimum absolute atomic E-state index is 0.0557. The summed E-state index contributed by atoms with van der Waals surface area (Å²) >= 11 is 0. The standard InChI is InChI=1S/C19H15NO5/c1-2-6-12-14(21)10-9-13-16(22)15(19(24)25-17(12)13)20-18(23)11-7-4-3-5-8-11/h2-5,7-10,21-22H,1,6H2,(H,20,23). The van der Waals surface area contributed by atoms with Crippen molar-refractivity contribution in [1.29, 1.82) is 0 Å². The van der Waals surface area contributed by atoms with Crippen molar-refractivity contribution in [3.8, 4) is 11.5 Å². The fraction of sp³-hybridized carbons (Fsp3) is 0.0526. The van der Waals surface area contributed by atoms with Crippen LogP contribution in [0, 0.1) is 0 Å². The first-order valence-corrected chi connectivity index (χ1v) is 7.51. The van der Waals surface area contributed by atoms with Crippen LogP contribution < -0.4 is 10.9 Å². The monoisotopic (exact) mass is 337 g/mol. The molecule has 0 fully saturated rings. The summed E-state index contributed by atoms with van der Waals surface area (Å²) in [5.74, 6) is -1.04. The lowest BCUT2D eigenvalue weighted by Gasteiger charge is -2.11. The highest BCUT2D eigenvalue weighted by Gasteiger charge is 2.20. The molecular formula is C19H15NO5. The Morgan fingerprint density at radius 2 is 1.88 bits per heavy atom. The zero-order valence-electron chi connectivity index (χ0n) is 13.2. The summed E-state index contributed by atoms with van der Waals surface area (Å²) in [6, 6.07) is 11.1. The number of carbonyl (C=O) groups excluding carboxylic acids is 1. The van der Waals surface area contributed by atoms with Crippen molar-refractivity contribution in [2.45, 2.75) is 6.42 Å². The van der Waals surface area contributed by atoms with Crippen LogP contribution in [-0.4, -0.2) is 16.1 Å². The SMILES string of the molecule is C=CCc1c(O)ccc2c(O)c(NC(=O)c3ccccc3)c(=O)oc12. The van der Waals surface area contributed by atoms with Crippen molar-refractivity contribution >= 4 is 22.6 Å². The molecule has 0 spiro atoms. The van der Waals surface area contributed by atoms with Crippen LogP contribution in [0.15, 0.2) is 64.3 Å². The van der Waals surface area contributed by atoms with Crippen LogP contribution in [0.4, 0.5) is 5.69 Å². The molecule has 1 amide bonds. The third-order valence-electron chi connectivity index (χ3n) is 3.75. The molecule has 6 heteroatoms. The van der Waals surface area contributed by atoms with E-state index >= 15 is 0 Å². The van der Waals surface area contributed by atoms with Crippen LogP contribution in [-0.2, 0) is 6.42 Å². The van der Waals surface area contributed by atoms with Gasteiger partial charge in [-0.2, -0.15) is 0 Å². The van der Waals surface area contributed by atoms with Gasteiger partial charge in [-0.25, -0.2) is 4.79 Å². The summed E-state index contributed by atoms with van der Waals surface area (Å²) in [5, 5.41) is 22.9. The van der Waals surface area contributed by atoms with Gasteiger partial charge in [0.15, 0.2) is 11.4 Å². The van der Waals surface area contributed by atoms with Gasteiger partial charge in [0.1, 0.15) is 11.3 Å². The Labute approximate surface area is 142 Å². The van der Waals surface area contributed by atoms with E-state index in [2.05, 4.69) is 11.9 Å². The molecule has 2 aromatic carbocycles. The van der Waals surface area contributed by atoms with E-state index in [1.165, 1.54) is 18.2 Å². The highest BCUT2D eigenvalue weighted by Crippen LogP contribution is 2.35. The van der Waals surface area contributed by atoms with Gasteiger partial charge in [-0.15, -0.1) is 6.58 Å². The van der Waals surface area contributed by atoms with Crippen LogP contribution in [0.25, 0.3) is 11.0 Å². The molecule has 126 valence electrons. The molecule has 1 aromatic heterocycles. The number of carbonyl (C=O) groups is 1. The van der Waals surface area contributed by atoms with E-state index in [1.807, 2.05) is 0 Å². The molecule has 0 bridgehead atoms. The van der Waals surface area contributed by atoms with E-state index in [9.17, 15) is 19.8 Å². The lowest BCUT2D eigenvalue weighted by molar-refractivity contribution is 0.102.